The number of nitrogens with zero attached hydrogens (tertiary/aromatic N) is 2. The Bertz CT molecular complexity index is 241. The summed E-state index contributed by atoms with van der Waals surface area (Å²) < 4.78 is 6.42. The van der Waals surface area contributed by atoms with Crippen LogP contribution in [-0.4, -0.2) is 43.8 Å². The SMILES string of the molecule is C[N+](C)(C)CCOc1cccnc1. The lowest BCUT2D eigenvalue weighted by Crippen LogP contribution is -2.38. The molecule has 3 heteroatoms. The smallest absolute Gasteiger partial charge is 0.137 e. The molecule has 0 aliphatic rings. The van der Waals surface area contributed by atoms with Crippen molar-refractivity contribution in [2.24, 2.45) is 0 Å². The molecule has 0 amide bonds. The fraction of sp³-hybridized carbons (Fsp3) is 0.500. The van der Waals surface area contributed by atoms with E-state index in [4.69, 9.17) is 4.74 Å². The van der Waals surface area contributed by atoms with Crippen molar-refractivity contribution in [2.45, 2.75) is 0 Å². The van der Waals surface area contributed by atoms with Crippen molar-refractivity contribution < 1.29 is 9.22 Å². The predicted octanol–water partition coefficient (Wildman–Crippen LogP) is 1.17. The van der Waals surface area contributed by atoms with Gasteiger partial charge in [0.1, 0.15) is 18.9 Å². The van der Waals surface area contributed by atoms with Crippen LogP contribution in [0.25, 0.3) is 0 Å². The second kappa shape index (κ2) is 4.23. The molecule has 0 aromatic carbocycles. The largest absolute Gasteiger partial charge is 0.486 e. The third-order valence-corrected chi connectivity index (χ3v) is 1.67. The molecule has 1 rings (SSSR count). The number of rotatable bonds is 4. The Morgan fingerprint density at radius 1 is 1.38 bits per heavy atom. The minimum absolute atomic E-state index is 0.731. The van der Waals surface area contributed by atoms with Gasteiger partial charge in [0.05, 0.1) is 27.3 Å². The molecular weight excluding hydrogens is 164 g/mol. The van der Waals surface area contributed by atoms with Gasteiger partial charge < -0.3 is 9.22 Å². The summed E-state index contributed by atoms with van der Waals surface area (Å²) in [5.41, 5.74) is 0. The van der Waals surface area contributed by atoms with Crippen LogP contribution in [0.4, 0.5) is 0 Å². The van der Waals surface area contributed by atoms with Crippen LogP contribution in [0.5, 0.6) is 5.75 Å². The minimum Gasteiger partial charge on any atom is -0.486 e. The fourth-order valence-electron chi connectivity index (χ4n) is 0.870. The molecule has 0 aliphatic carbocycles. The van der Waals surface area contributed by atoms with Gasteiger partial charge in [-0.05, 0) is 12.1 Å². The minimum atomic E-state index is 0.731. The molecule has 72 valence electrons. The highest BCUT2D eigenvalue weighted by Gasteiger charge is 2.05. The van der Waals surface area contributed by atoms with Crippen LogP contribution in [0, 0.1) is 0 Å². The van der Waals surface area contributed by atoms with E-state index in [0.717, 1.165) is 23.4 Å². The van der Waals surface area contributed by atoms with Crippen LogP contribution in [0.15, 0.2) is 24.5 Å². The molecule has 0 spiro atoms. The van der Waals surface area contributed by atoms with Gasteiger partial charge in [-0.1, -0.05) is 0 Å². The molecule has 1 heterocycles. The summed E-state index contributed by atoms with van der Waals surface area (Å²) >= 11 is 0. The first-order valence-electron chi connectivity index (χ1n) is 4.41. The third kappa shape index (κ3) is 4.48. The molecule has 0 atom stereocenters. The van der Waals surface area contributed by atoms with Crippen molar-refractivity contribution in [1.29, 1.82) is 0 Å². The Morgan fingerprint density at radius 2 is 2.15 bits per heavy atom. The maximum Gasteiger partial charge on any atom is 0.137 e. The second-order valence-corrected chi connectivity index (χ2v) is 4.05. The average molecular weight is 181 g/mol. The Labute approximate surface area is 79.6 Å². The van der Waals surface area contributed by atoms with Crippen molar-refractivity contribution in [2.75, 3.05) is 34.3 Å². The van der Waals surface area contributed by atoms with Crippen molar-refractivity contribution in [3.05, 3.63) is 24.5 Å². The summed E-state index contributed by atoms with van der Waals surface area (Å²) in [4.78, 5) is 3.97. The highest BCUT2D eigenvalue weighted by molar-refractivity contribution is 5.15. The van der Waals surface area contributed by atoms with E-state index in [9.17, 15) is 0 Å². The molecule has 3 nitrogen and oxygen atoms in total. The number of ether oxygens (including phenoxy) is 1. The van der Waals surface area contributed by atoms with Gasteiger partial charge in [-0.3, -0.25) is 4.98 Å². The molecule has 0 N–H and O–H groups in total. The second-order valence-electron chi connectivity index (χ2n) is 4.05. The molecule has 0 saturated heterocycles. The van der Waals surface area contributed by atoms with Crippen LogP contribution in [0.3, 0.4) is 0 Å². The lowest BCUT2D eigenvalue weighted by molar-refractivity contribution is -0.870. The number of hydrogen-bond donors (Lipinski definition) is 0. The van der Waals surface area contributed by atoms with Gasteiger partial charge in [0.15, 0.2) is 0 Å². The normalized spacial score (nSPS) is 11.3. The molecule has 0 radical (unpaired) electrons. The molecule has 0 unspecified atom stereocenters. The topological polar surface area (TPSA) is 22.1 Å². The van der Waals surface area contributed by atoms with Crippen LogP contribution < -0.4 is 4.74 Å². The van der Waals surface area contributed by atoms with E-state index in [1.807, 2.05) is 12.1 Å². The van der Waals surface area contributed by atoms with Gasteiger partial charge in [0.25, 0.3) is 0 Å². The highest BCUT2D eigenvalue weighted by atomic mass is 16.5. The predicted molar refractivity (Wildman–Crippen MR) is 52.6 cm³/mol. The maximum absolute atomic E-state index is 5.50. The van der Waals surface area contributed by atoms with Crippen molar-refractivity contribution in [3.63, 3.8) is 0 Å². The van der Waals surface area contributed by atoms with Crippen LogP contribution in [0.2, 0.25) is 0 Å². The van der Waals surface area contributed by atoms with Gasteiger partial charge in [-0.15, -0.1) is 0 Å². The summed E-state index contributed by atoms with van der Waals surface area (Å²) in [6.07, 6.45) is 3.47. The Kier molecular flexibility index (Phi) is 3.25. The molecule has 13 heavy (non-hydrogen) atoms. The zero-order valence-electron chi connectivity index (χ0n) is 8.53. The Morgan fingerprint density at radius 3 is 2.69 bits per heavy atom. The molecule has 0 aliphatic heterocycles. The van der Waals surface area contributed by atoms with E-state index >= 15 is 0 Å². The Hall–Kier alpha value is -1.09. The van der Waals surface area contributed by atoms with E-state index in [1.54, 1.807) is 12.4 Å². The number of hydrogen-bond acceptors (Lipinski definition) is 2. The first kappa shape index (κ1) is 9.99. The molecular formula is C10H17N2O+. The number of pyridine rings is 1. The molecule has 1 aromatic heterocycles. The van der Waals surface area contributed by atoms with E-state index in [2.05, 4.69) is 26.1 Å². The number of likely N-dealkylation sites (N-methyl/N-ethyl adjacent to an activating group) is 1. The Balaban J connectivity index is 2.29. The van der Waals surface area contributed by atoms with E-state index in [-0.39, 0.29) is 0 Å². The van der Waals surface area contributed by atoms with E-state index in [0.29, 0.717) is 0 Å². The van der Waals surface area contributed by atoms with Crippen LogP contribution in [0.1, 0.15) is 0 Å². The van der Waals surface area contributed by atoms with Gasteiger partial charge in [-0.2, -0.15) is 0 Å². The zero-order chi connectivity index (χ0) is 9.73. The first-order chi connectivity index (χ1) is 6.08. The standard InChI is InChI=1S/C10H17N2O/c1-12(2,3)7-8-13-10-5-4-6-11-9-10/h4-6,9H,7-8H2,1-3H3/q+1. The number of aromatic nitrogens is 1. The molecule has 0 bridgehead atoms. The highest BCUT2D eigenvalue weighted by Crippen LogP contribution is 2.05. The van der Waals surface area contributed by atoms with Gasteiger partial charge in [-0.25, -0.2) is 0 Å². The average Bonchev–Trinajstić information content (AvgIpc) is 2.04. The fourth-order valence-corrected chi connectivity index (χ4v) is 0.870. The van der Waals surface area contributed by atoms with Gasteiger partial charge in [0.2, 0.25) is 0 Å². The summed E-state index contributed by atoms with van der Waals surface area (Å²) in [5.74, 6) is 0.843. The van der Waals surface area contributed by atoms with Crippen LogP contribution >= 0.6 is 0 Å². The zero-order valence-corrected chi connectivity index (χ0v) is 8.53. The molecule has 0 fully saturated rings. The summed E-state index contributed by atoms with van der Waals surface area (Å²) in [7, 11) is 6.44. The first-order valence-corrected chi connectivity index (χ1v) is 4.41. The summed E-state index contributed by atoms with van der Waals surface area (Å²) in [6, 6.07) is 3.80. The number of quaternary nitrogens is 1. The van der Waals surface area contributed by atoms with Crippen molar-refractivity contribution in [1.82, 2.24) is 4.98 Å². The van der Waals surface area contributed by atoms with E-state index in [1.165, 1.54) is 0 Å². The van der Waals surface area contributed by atoms with E-state index < -0.39 is 0 Å². The molecule has 0 saturated carbocycles. The third-order valence-electron chi connectivity index (χ3n) is 1.67. The van der Waals surface area contributed by atoms with Crippen molar-refractivity contribution in [3.8, 4) is 5.75 Å². The summed E-state index contributed by atoms with van der Waals surface area (Å²) in [5, 5.41) is 0. The van der Waals surface area contributed by atoms with Crippen LogP contribution in [-0.2, 0) is 0 Å². The quantitative estimate of drug-likeness (QED) is 0.650. The van der Waals surface area contributed by atoms with Crippen molar-refractivity contribution >= 4 is 0 Å². The van der Waals surface area contributed by atoms with Gasteiger partial charge >= 0.3 is 0 Å². The summed E-state index contributed by atoms with van der Waals surface area (Å²) in [6.45, 7) is 1.73. The molecule has 1 aromatic rings. The lowest BCUT2D eigenvalue weighted by atomic mass is 10.4. The maximum atomic E-state index is 5.50. The monoisotopic (exact) mass is 181 g/mol. The lowest BCUT2D eigenvalue weighted by Gasteiger charge is -2.23. The van der Waals surface area contributed by atoms with Gasteiger partial charge in [0, 0.05) is 6.20 Å².